The summed E-state index contributed by atoms with van der Waals surface area (Å²) < 4.78 is 5.54. The number of rotatable bonds is 4. The zero-order valence-corrected chi connectivity index (χ0v) is 13.7. The number of piperidine rings is 1. The molecule has 0 unspecified atom stereocenters. The van der Waals surface area contributed by atoms with Crippen LogP contribution in [-0.2, 0) is 16.1 Å². The Morgan fingerprint density at radius 3 is 2.87 bits per heavy atom. The lowest BCUT2D eigenvalue weighted by Crippen LogP contribution is -2.63. The molecule has 4 nitrogen and oxygen atoms in total. The Kier molecular flexibility index (Phi) is 4.23. The molecule has 0 saturated carbocycles. The highest BCUT2D eigenvalue weighted by molar-refractivity contribution is 5.66. The second-order valence-corrected chi connectivity index (χ2v) is 6.53. The highest BCUT2D eigenvalue weighted by Gasteiger charge is 2.53. The van der Waals surface area contributed by atoms with Gasteiger partial charge in [-0.05, 0) is 31.2 Å². The number of fused-ring (bicyclic) bond motifs is 2. The van der Waals surface area contributed by atoms with Crippen LogP contribution in [0.25, 0.3) is 0 Å². The summed E-state index contributed by atoms with van der Waals surface area (Å²) in [5.41, 5.74) is 1.47. The van der Waals surface area contributed by atoms with Gasteiger partial charge in [-0.25, -0.2) is 0 Å². The van der Waals surface area contributed by atoms with Crippen molar-refractivity contribution in [3.63, 3.8) is 0 Å². The van der Waals surface area contributed by atoms with Crippen molar-refractivity contribution in [2.45, 2.75) is 44.9 Å². The Morgan fingerprint density at radius 2 is 2.22 bits per heavy atom. The minimum absolute atomic E-state index is 0.295. The first-order valence-corrected chi connectivity index (χ1v) is 8.15. The molecular weight excluding hydrogens is 288 g/mol. The van der Waals surface area contributed by atoms with Gasteiger partial charge in [-0.1, -0.05) is 36.4 Å². The van der Waals surface area contributed by atoms with Gasteiger partial charge in [-0.2, -0.15) is 5.26 Å². The van der Waals surface area contributed by atoms with Crippen molar-refractivity contribution in [1.82, 2.24) is 4.90 Å². The molecule has 0 radical (unpaired) electrons. The number of ether oxygens (including phenoxy) is 1. The van der Waals surface area contributed by atoms with Gasteiger partial charge >= 0.3 is 5.97 Å². The van der Waals surface area contributed by atoms with Gasteiger partial charge < -0.3 is 4.74 Å². The van der Waals surface area contributed by atoms with E-state index in [0.717, 1.165) is 31.5 Å². The predicted octanol–water partition coefficient (Wildman–Crippen LogP) is 3.05. The minimum Gasteiger partial charge on any atom is -0.460 e. The third-order valence-electron chi connectivity index (χ3n) is 5.14. The summed E-state index contributed by atoms with van der Waals surface area (Å²) in [6.45, 7) is 5.02. The molecule has 2 bridgehead atoms. The molecule has 0 amide bonds. The van der Waals surface area contributed by atoms with Gasteiger partial charge in [0.2, 0.25) is 0 Å². The fourth-order valence-corrected chi connectivity index (χ4v) is 4.09. The van der Waals surface area contributed by atoms with E-state index >= 15 is 0 Å². The smallest absolute Gasteiger partial charge is 0.302 e. The van der Waals surface area contributed by atoms with E-state index in [1.54, 1.807) is 0 Å². The van der Waals surface area contributed by atoms with Crippen LogP contribution in [0.1, 0.15) is 32.3 Å². The molecule has 120 valence electrons. The first-order valence-electron chi connectivity index (χ1n) is 8.15. The maximum atomic E-state index is 11.5. The molecule has 1 fully saturated rings. The number of nitrogens with zero attached hydrogens (tertiary/aromatic N) is 2. The quantitative estimate of drug-likeness (QED) is 0.802. The molecular formula is C19H22N2O2. The van der Waals surface area contributed by atoms with E-state index in [2.05, 4.69) is 29.2 Å². The molecule has 1 aliphatic carbocycles. The number of esters is 1. The van der Waals surface area contributed by atoms with Gasteiger partial charge in [0.05, 0.1) is 11.6 Å². The molecule has 3 atom stereocenters. The van der Waals surface area contributed by atoms with Crippen molar-refractivity contribution in [2.24, 2.45) is 5.92 Å². The number of benzene rings is 1. The molecule has 23 heavy (non-hydrogen) atoms. The van der Waals surface area contributed by atoms with Crippen molar-refractivity contribution in [3.8, 4) is 6.07 Å². The third kappa shape index (κ3) is 2.77. The summed E-state index contributed by atoms with van der Waals surface area (Å²) in [6.07, 6.45) is 3.65. The van der Waals surface area contributed by atoms with Gasteiger partial charge in [0.15, 0.2) is 0 Å². The molecule has 1 aromatic carbocycles. The molecule has 2 aliphatic heterocycles. The lowest BCUT2D eigenvalue weighted by atomic mass is 9.68. The number of carbonyl (C=O) groups is 1. The van der Waals surface area contributed by atoms with Gasteiger partial charge in [0.25, 0.3) is 0 Å². The summed E-state index contributed by atoms with van der Waals surface area (Å²) in [7, 11) is 0. The Morgan fingerprint density at radius 1 is 1.48 bits per heavy atom. The molecule has 1 aromatic rings. The van der Waals surface area contributed by atoms with E-state index in [4.69, 9.17) is 4.74 Å². The maximum absolute atomic E-state index is 11.5. The number of hydrogen-bond donors (Lipinski definition) is 0. The van der Waals surface area contributed by atoms with Crippen LogP contribution in [0.2, 0.25) is 0 Å². The van der Waals surface area contributed by atoms with Crippen molar-refractivity contribution in [3.05, 3.63) is 47.5 Å². The highest BCUT2D eigenvalue weighted by atomic mass is 16.5. The molecule has 4 heteroatoms. The van der Waals surface area contributed by atoms with E-state index in [9.17, 15) is 10.1 Å². The molecule has 0 aromatic heterocycles. The van der Waals surface area contributed by atoms with Crippen molar-refractivity contribution in [1.29, 1.82) is 5.26 Å². The third-order valence-corrected chi connectivity index (χ3v) is 5.14. The van der Waals surface area contributed by atoms with E-state index in [1.807, 2.05) is 25.1 Å². The predicted molar refractivity (Wildman–Crippen MR) is 87.2 cm³/mol. The molecule has 4 rings (SSSR count). The first kappa shape index (κ1) is 15.8. The van der Waals surface area contributed by atoms with Crippen molar-refractivity contribution >= 4 is 5.97 Å². The maximum Gasteiger partial charge on any atom is 0.302 e. The highest BCUT2D eigenvalue weighted by Crippen LogP contribution is 2.46. The number of carbonyl (C=O) groups excluding carboxylic acids is 1. The van der Waals surface area contributed by atoms with Gasteiger partial charge in [-0.15, -0.1) is 0 Å². The van der Waals surface area contributed by atoms with E-state index in [0.29, 0.717) is 5.92 Å². The van der Waals surface area contributed by atoms with Gasteiger partial charge in [0, 0.05) is 25.6 Å². The topological polar surface area (TPSA) is 53.3 Å². The standard InChI is InChI=1S/C19H22N2O2/c1-14(23-15(2)22)19-9-8-17(10-18(19)11-20)13-21(19)12-16-6-4-3-5-7-16/h3-7,10,14,17H,8-9,12-13H2,1-2H3/t14-,17+,19-/m0/s1. The average molecular weight is 310 g/mol. The Hall–Kier alpha value is -2.12. The van der Waals surface area contributed by atoms with E-state index in [-0.39, 0.29) is 12.1 Å². The van der Waals surface area contributed by atoms with Crippen LogP contribution in [0.3, 0.4) is 0 Å². The molecule has 3 aliphatic rings. The van der Waals surface area contributed by atoms with Gasteiger partial charge in [-0.3, -0.25) is 9.69 Å². The summed E-state index contributed by atoms with van der Waals surface area (Å²) in [5, 5.41) is 9.66. The Labute approximate surface area is 137 Å². The zero-order chi connectivity index (χ0) is 16.4. The molecule has 0 N–H and O–H groups in total. The van der Waals surface area contributed by atoms with Crippen LogP contribution in [0.15, 0.2) is 42.0 Å². The second kappa shape index (κ2) is 6.17. The minimum atomic E-state index is -0.495. The largest absolute Gasteiger partial charge is 0.460 e. The summed E-state index contributed by atoms with van der Waals surface area (Å²) in [4.78, 5) is 13.8. The molecule has 2 heterocycles. The van der Waals surface area contributed by atoms with Crippen LogP contribution >= 0.6 is 0 Å². The normalized spacial score (nSPS) is 27.9. The van der Waals surface area contributed by atoms with Crippen LogP contribution < -0.4 is 0 Å². The van der Waals surface area contributed by atoms with Crippen LogP contribution in [0.5, 0.6) is 0 Å². The van der Waals surface area contributed by atoms with Crippen LogP contribution in [0, 0.1) is 17.2 Å². The fraction of sp³-hybridized carbons (Fsp3) is 0.474. The average Bonchev–Trinajstić information content (AvgIpc) is 2.55. The Bertz CT molecular complexity index is 662. The van der Waals surface area contributed by atoms with E-state index < -0.39 is 5.54 Å². The van der Waals surface area contributed by atoms with Crippen molar-refractivity contribution < 1.29 is 9.53 Å². The monoisotopic (exact) mass is 310 g/mol. The number of hydrogen-bond acceptors (Lipinski definition) is 4. The van der Waals surface area contributed by atoms with Gasteiger partial charge in [0.1, 0.15) is 6.10 Å². The first-order chi connectivity index (χ1) is 11.1. The second-order valence-electron chi connectivity index (χ2n) is 6.53. The molecule has 0 spiro atoms. The molecule has 1 saturated heterocycles. The SMILES string of the molecule is CC(=O)O[C@@H](C)[C@@]12CC[C@H](C=C1C#N)CN2Cc1ccccc1. The summed E-state index contributed by atoms with van der Waals surface area (Å²) in [5.74, 6) is 0.122. The fourth-order valence-electron chi connectivity index (χ4n) is 4.09. The Balaban J connectivity index is 1.96. The van der Waals surface area contributed by atoms with Crippen LogP contribution in [0.4, 0.5) is 0 Å². The van der Waals surface area contributed by atoms with Crippen LogP contribution in [-0.4, -0.2) is 29.1 Å². The lowest BCUT2D eigenvalue weighted by Gasteiger charge is -2.54. The summed E-state index contributed by atoms with van der Waals surface area (Å²) in [6, 6.07) is 12.6. The zero-order valence-electron chi connectivity index (χ0n) is 13.7. The lowest BCUT2D eigenvalue weighted by molar-refractivity contribution is -0.155. The summed E-state index contributed by atoms with van der Waals surface area (Å²) >= 11 is 0. The van der Waals surface area contributed by atoms with E-state index in [1.165, 1.54) is 12.5 Å². The number of nitriles is 1. The van der Waals surface area contributed by atoms with Crippen molar-refractivity contribution in [2.75, 3.05) is 6.54 Å².